The van der Waals surface area contributed by atoms with Gasteiger partial charge in [-0.1, -0.05) is 48.9 Å². The van der Waals surface area contributed by atoms with Crippen LogP contribution in [-0.4, -0.2) is 61.8 Å². The van der Waals surface area contributed by atoms with Gasteiger partial charge in [0, 0.05) is 31.2 Å². The van der Waals surface area contributed by atoms with Gasteiger partial charge in [0.1, 0.15) is 5.75 Å². The first kappa shape index (κ1) is 25.7. The number of morpholine rings is 1. The normalized spacial score (nSPS) is 14.3. The van der Waals surface area contributed by atoms with Crippen LogP contribution in [-0.2, 0) is 9.53 Å². The standard InChI is InChI=1S/C24H28ClN3O3S.ClH/c1-17(2)18-3-6-20(7-4-18)31-16-23(29)28(10-9-27-11-13-30-14-12-27)24-26-21-8-5-19(25)15-22(21)32-24;/h3-8,15,17H,9-14,16H2,1-2H3;1H. The maximum atomic E-state index is 13.2. The Morgan fingerprint density at radius 3 is 2.64 bits per heavy atom. The van der Waals surface area contributed by atoms with Gasteiger partial charge in [-0.25, -0.2) is 4.98 Å². The lowest BCUT2D eigenvalue weighted by Gasteiger charge is -2.29. The van der Waals surface area contributed by atoms with Gasteiger partial charge in [-0.2, -0.15) is 0 Å². The van der Waals surface area contributed by atoms with E-state index in [4.69, 9.17) is 26.1 Å². The van der Waals surface area contributed by atoms with E-state index in [0.29, 0.717) is 28.4 Å². The van der Waals surface area contributed by atoms with E-state index in [9.17, 15) is 4.79 Å². The van der Waals surface area contributed by atoms with Crippen LogP contribution in [0.1, 0.15) is 25.3 Å². The summed E-state index contributed by atoms with van der Waals surface area (Å²) in [4.78, 5) is 21.9. The number of amides is 1. The molecular weight excluding hydrogens is 481 g/mol. The number of hydrogen-bond donors (Lipinski definition) is 0. The summed E-state index contributed by atoms with van der Waals surface area (Å²) in [5, 5.41) is 1.33. The summed E-state index contributed by atoms with van der Waals surface area (Å²) in [7, 11) is 0. The molecule has 0 radical (unpaired) electrons. The number of ether oxygens (including phenoxy) is 2. The van der Waals surface area contributed by atoms with Crippen molar-refractivity contribution in [3.63, 3.8) is 0 Å². The number of benzene rings is 2. The molecule has 33 heavy (non-hydrogen) atoms. The molecule has 0 bridgehead atoms. The lowest BCUT2D eigenvalue weighted by Crippen LogP contribution is -2.44. The Morgan fingerprint density at radius 2 is 1.94 bits per heavy atom. The van der Waals surface area contributed by atoms with Crippen molar-refractivity contribution in [3.8, 4) is 5.75 Å². The summed E-state index contributed by atoms with van der Waals surface area (Å²) in [6.45, 7) is 8.75. The van der Waals surface area contributed by atoms with Gasteiger partial charge >= 0.3 is 0 Å². The molecule has 1 aliphatic heterocycles. The Kier molecular flexibility index (Phi) is 9.35. The second-order valence-corrected chi connectivity index (χ2v) is 9.57. The molecule has 0 spiro atoms. The fourth-order valence-electron chi connectivity index (χ4n) is 3.57. The number of nitrogens with zero attached hydrogens (tertiary/aromatic N) is 3. The van der Waals surface area contributed by atoms with E-state index in [-0.39, 0.29) is 24.9 Å². The van der Waals surface area contributed by atoms with Crippen LogP contribution < -0.4 is 9.64 Å². The molecule has 0 atom stereocenters. The van der Waals surface area contributed by atoms with E-state index in [2.05, 4.69) is 18.7 Å². The molecule has 9 heteroatoms. The van der Waals surface area contributed by atoms with Crippen molar-refractivity contribution in [1.82, 2.24) is 9.88 Å². The predicted molar refractivity (Wildman–Crippen MR) is 138 cm³/mol. The SMILES string of the molecule is CC(C)c1ccc(OCC(=O)N(CCN2CCOCC2)c2nc3ccc(Cl)cc3s2)cc1.Cl. The zero-order valence-electron chi connectivity index (χ0n) is 18.8. The van der Waals surface area contributed by atoms with Crippen molar-refractivity contribution >= 4 is 56.6 Å². The van der Waals surface area contributed by atoms with Crippen LogP contribution in [0.4, 0.5) is 5.13 Å². The van der Waals surface area contributed by atoms with Gasteiger partial charge in [0.15, 0.2) is 11.7 Å². The Bertz CT molecular complexity index is 1050. The predicted octanol–water partition coefficient (Wildman–Crippen LogP) is 5.24. The van der Waals surface area contributed by atoms with Crippen LogP contribution in [0.5, 0.6) is 5.75 Å². The van der Waals surface area contributed by atoms with Gasteiger partial charge in [-0.15, -0.1) is 12.4 Å². The van der Waals surface area contributed by atoms with E-state index in [1.165, 1.54) is 16.9 Å². The first-order valence-electron chi connectivity index (χ1n) is 10.9. The molecule has 2 heterocycles. The maximum Gasteiger partial charge on any atom is 0.266 e. The van der Waals surface area contributed by atoms with Crippen molar-refractivity contribution in [1.29, 1.82) is 0 Å². The van der Waals surface area contributed by atoms with Crippen molar-refractivity contribution in [2.24, 2.45) is 0 Å². The lowest BCUT2D eigenvalue weighted by atomic mass is 10.0. The third kappa shape index (κ3) is 6.80. The number of halogens is 2. The first-order valence-corrected chi connectivity index (χ1v) is 12.1. The highest BCUT2D eigenvalue weighted by Gasteiger charge is 2.22. The van der Waals surface area contributed by atoms with E-state index in [1.54, 1.807) is 4.90 Å². The van der Waals surface area contributed by atoms with Gasteiger partial charge in [-0.3, -0.25) is 14.6 Å². The van der Waals surface area contributed by atoms with Gasteiger partial charge in [0.2, 0.25) is 0 Å². The number of fused-ring (bicyclic) bond motifs is 1. The Labute approximate surface area is 209 Å². The fourth-order valence-corrected chi connectivity index (χ4v) is 4.85. The minimum atomic E-state index is -0.114. The molecule has 1 aliphatic rings. The number of carbonyl (C=O) groups is 1. The van der Waals surface area contributed by atoms with E-state index < -0.39 is 0 Å². The van der Waals surface area contributed by atoms with Crippen molar-refractivity contribution in [2.45, 2.75) is 19.8 Å². The Balaban J connectivity index is 0.00000306. The van der Waals surface area contributed by atoms with Crippen LogP contribution in [0.25, 0.3) is 10.2 Å². The molecule has 2 aromatic carbocycles. The highest BCUT2D eigenvalue weighted by Crippen LogP contribution is 2.31. The molecule has 1 saturated heterocycles. The van der Waals surface area contributed by atoms with E-state index in [0.717, 1.165) is 43.1 Å². The Hall–Kier alpha value is -1.90. The van der Waals surface area contributed by atoms with Crippen LogP contribution in [0.15, 0.2) is 42.5 Å². The van der Waals surface area contributed by atoms with Crippen molar-refractivity contribution < 1.29 is 14.3 Å². The smallest absolute Gasteiger partial charge is 0.266 e. The number of carbonyl (C=O) groups excluding carboxylic acids is 1. The summed E-state index contributed by atoms with van der Waals surface area (Å²) in [5.41, 5.74) is 2.08. The van der Waals surface area contributed by atoms with Crippen LogP contribution in [0.2, 0.25) is 5.02 Å². The minimum absolute atomic E-state index is 0. The number of aromatic nitrogens is 1. The van der Waals surface area contributed by atoms with Crippen LogP contribution in [0.3, 0.4) is 0 Å². The second kappa shape index (κ2) is 12.0. The number of thiazole rings is 1. The molecule has 4 rings (SSSR count). The monoisotopic (exact) mass is 509 g/mol. The molecule has 1 fully saturated rings. The van der Waals surface area contributed by atoms with E-state index >= 15 is 0 Å². The number of anilines is 1. The van der Waals surface area contributed by atoms with Gasteiger partial charge in [0.25, 0.3) is 5.91 Å². The summed E-state index contributed by atoms with van der Waals surface area (Å²) in [6, 6.07) is 13.5. The van der Waals surface area contributed by atoms with E-state index in [1.807, 2.05) is 42.5 Å². The molecule has 3 aromatic rings. The Morgan fingerprint density at radius 1 is 1.21 bits per heavy atom. The summed E-state index contributed by atoms with van der Waals surface area (Å²) in [5.74, 6) is 1.03. The topological polar surface area (TPSA) is 54.9 Å². The molecule has 6 nitrogen and oxygen atoms in total. The summed E-state index contributed by atoms with van der Waals surface area (Å²) in [6.07, 6.45) is 0. The van der Waals surface area contributed by atoms with Gasteiger partial charge in [0.05, 0.1) is 23.4 Å². The molecule has 0 N–H and O–H groups in total. The molecule has 0 saturated carbocycles. The summed E-state index contributed by atoms with van der Waals surface area (Å²) >= 11 is 7.61. The van der Waals surface area contributed by atoms with Gasteiger partial charge < -0.3 is 9.47 Å². The highest BCUT2D eigenvalue weighted by atomic mass is 35.5. The minimum Gasteiger partial charge on any atom is -0.484 e. The molecule has 0 unspecified atom stereocenters. The quantitative estimate of drug-likeness (QED) is 0.415. The number of hydrogen-bond acceptors (Lipinski definition) is 6. The third-order valence-electron chi connectivity index (χ3n) is 5.52. The molecule has 0 aliphatic carbocycles. The third-order valence-corrected chi connectivity index (χ3v) is 6.80. The molecule has 178 valence electrons. The second-order valence-electron chi connectivity index (χ2n) is 8.12. The molecular formula is C24H29Cl2N3O3S. The fraction of sp³-hybridized carbons (Fsp3) is 0.417. The largest absolute Gasteiger partial charge is 0.484 e. The average Bonchev–Trinajstić information content (AvgIpc) is 3.21. The molecule has 1 amide bonds. The zero-order chi connectivity index (χ0) is 22.5. The maximum absolute atomic E-state index is 13.2. The van der Waals surface area contributed by atoms with Crippen molar-refractivity contribution in [3.05, 3.63) is 53.1 Å². The first-order chi connectivity index (χ1) is 15.5. The highest BCUT2D eigenvalue weighted by molar-refractivity contribution is 7.22. The van der Waals surface area contributed by atoms with Crippen LogP contribution in [0, 0.1) is 0 Å². The lowest BCUT2D eigenvalue weighted by molar-refractivity contribution is -0.120. The summed E-state index contributed by atoms with van der Waals surface area (Å²) < 4.78 is 12.2. The number of rotatable bonds is 8. The van der Waals surface area contributed by atoms with Gasteiger partial charge in [-0.05, 0) is 41.8 Å². The van der Waals surface area contributed by atoms with Crippen molar-refractivity contribution in [2.75, 3.05) is 50.9 Å². The van der Waals surface area contributed by atoms with Crippen LogP contribution >= 0.6 is 35.3 Å². The zero-order valence-corrected chi connectivity index (χ0v) is 21.2. The average molecular weight is 510 g/mol. The molecule has 1 aromatic heterocycles.